The quantitative estimate of drug-likeness (QED) is 0.395. The summed E-state index contributed by atoms with van der Waals surface area (Å²) in [6, 6.07) is 11.4. The monoisotopic (exact) mass is 723 g/mol. The number of phenols is 1. The van der Waals surface area contributed by atoms with Gasteiger partial charge in [-0.15, -0.1) is 0 Å². The Morgan fingerprint density at radius 3 is 2.10 bits per heavy atom. The number of ether oxygens (including phenoxy) is 1. The number of likely N-dealkylation sites (tertiary alicyclic amines) is 2. The molecule has 4 aliphatic rings. The van der Waals surface area contributed by atoms with Crippen molar-refractivity contribution in [3.8, 4) is 5.75 Å². The second-order valence-corrected chi connectivity index (χ2v) is 17.0. The number of fused-ring (bicyclic) bond motifs is 1. The van der Waals surface area contributed by atoms with Crippen LogP contribution in [0, 0.1) is 25.7 Å². The van der Waals surface area contributed by atoms with Gasteiger partial charge in [0.1, 0.15) is 5.75 Å². The van der Waals surface area contributed by atoms with Gasteiger partial charge in [-0.1, -0.05) is 30.3 Å². The van der Waals surface area contributed by atoms with Gasteiger partial charge in [0, 0.05) is 64.0 Å². The highest BCUT2D eigenvalue weighted by molar-refractivity contribution is 7.89. The number of sulfonamides is 1. The number of carbonyl (C=O) groups excluding carboxylic acids is 3. The van der Waals surface area contributed by atoms with E-state index in [1.165, 1.54) is 0 Å². The van der Waals surface area contributed by atoms with Crippen molar-refractivity contribution in [1.29, 1.82) is 0 Å². The van der Waals surface area contributed by atoms with Crippen LogP contribution in [0.4, 0.5) is 15.3 Å². The van der Waals surface area contributed by atoms with E-state index in [1.807, 2.05) is 60.0 Å². The average Bonchev–Trinajstić information content (AvgIpc) is 3.31. The first-order valence-electron chi connectivity index (χ1n) is 18.6. The predicted molar refractivity (Wildman–Crippen MR) is 195 cm³/mol. The number of phenolic OH excluding ortho intramolecular Hbond substituents is 1. The number of benzene rings is 2. The Balaban J connectivity index is 1.07. The van der Waals surface area contributed by atoms with E-state index in [2.05, 4.69) is 5.32 Å². The summed E-state index contributed by atoms with van der Waals surface area (Å²) in [6.07, 6.45) is 3.97. The summed E-state index contributed by atoms with van der Waals surface area (Å²) in [4.78, 5) is 46.2. The summed E-state index contributed by atoms with van der Waals surface area (Å²) >= 11 is 0. The third-order valence-corrected chi connectivity index (χ3v) is 13.5. The second kappa shape index (κ2) is 15.8. The number of nitrogens with one attached hydrogen (secondary N) is 1. The molecule has 0 aliphatic carbocycles. The minimum absolute atomic E-state index is 0.00619. The number of nitrogens with zero attached hydrogens (tertiary/aromatic N) is 4. The fraction of sp³-hybridized carbons (Fsp3) is 0.605. The maximum atomic E-state index is 14.1. The zero-order chi connectivity index (χ0) is 36.3. The molecule has 0 aromatic heterocycles. The van der Waals surface area contributed by atoms with Gasteiger partial charge in [-0.25, -0.2) is 22.3 Å². The van der Waals surface area contributed by atoms with Crippen LogP contribution in [0.5, 0.6) is 5.75 Å². The van der Waals surface area contributed by atoms with Crippen LogP contribution in [-0.4, -0.2) is 114 Å². The summed E-state index contributed by atoms with van der Waals surface area (Å²) in [6.45, 7) is 8.99. The molecule has 2 aromatic carbocycles. The van der Waals surface area contributed by atoms with Gasteiger partial charge >= 0.3 is 12.1 Å². The van der Waals surface area contributed by atoms with Crippen molar-refractivity contribution in [3.63, 3.8) is 0 Å². The fourth-order valence-electron chi connectivity index (χ4n) is 8.45. The molecule has 0 radical (unpaired) electrons. The van der Waals surface area contributed by atoms with E-state index in [0.29, 0.717) is 81.6 Å². The molecular formula is C38H53N5O7S. The van der Waals surface area contributed by atoms with Gasteiger partial charge in [0.25, 0.3) is 5.91 Å². The maximum Gasteiger partial charge on any atom is 0.410 e. The third kappa shape index (κ3) is 8.46. The molecular weight excluding hydrogens is 671 g/mol. The van der Waals surface area contributed by atoms with Crippen LogP contribution in [0.25, 0.3) is 0 Å². The lowest BCUT2D eigenvalue weighted by atomic mass is 9.79. The Hall–Kier alpha value is -3.84. The van der Waals surface area contributed by atoms with Gasteiger partial charge in [-0.05, 0) is 106 Å². The van der Waals surface area contributed by atoms with E-state index in [9.17, 15) is 27.9 Å². The van der Waals surface area contributed by atoms with Crippen molar-refractivity contribution < 1.29 is 32.6 Å². The molecule has 4 aliphatic heterocycles. The normalized spacial score (nSPS) is 20.8. The highest BCUT2D eigenvalue weighted by Gasteiger charge is 2.38. The molecule has 0 bridgehead atoms. The average molecular weight is 724 g/mol. The molecule has 1 atom stereocenters. The summed E-state index contributed by atoms with van der Waals surface area (Å²) in [5.41, 5.74) is 4.16. The van der Waals surface area contributed by atoms with E-state index in [4.69, 9.17) is 4.74 Å². The van der Waals surface area contributed by atoms with Crippen LogP contribution >= 0.6 is 0 Å². The summed E-state index contributed by atoms with van der Waals surface area (Å²) in [7, 11) is -3.17. The number of carbonyl (C=O) groups is 3. The maximum absolute atomic E-state index is 14.1. The van der Waals surface area contributed by atoms with Crippen LogP contribution < -0.4 is 5.32 Å². The van der Waals surface area contributed by atoms with Gasteiger partial charge in [0.15, 0.2) is 6.10 Å². The molecule has 6 rings (SSSR count). The Morgan fingerprint density at radius 1 is 0.882 bits per heavy atom. The molecule has 3 fully saturated rings. The van der Waals surface area contributed by atoms with Crippen molar-refractivity contribution in [3.05, 3.63) is 58.7 Å². The van der Waals surface area contributed by atoms with Crippen molar-refractivity contribution in [1.82, 2.24) is 19.0 Å². The van der Waals surface area contributed by atoms with Crippen LogP contribution in [0.1, 0.15) is 67.7 Å². The van der Waals surface area contributed by atoms with Crippen LogP contribution in [0.15, 0.2) is 36.4 Å². The molecule has 278 valence electrons. The predicted octanol–water partition coefficient (Wildman–Crippen LogP) is 4.91. The van der Waals surface area contributed by atoms with Gasteiger partial charge in [-0.3, -0.25) is 4.79 Å². The number of hydrogen-bond donors (Lipinski definition) is 2. The first-order chi connectivity index (χ1) is 24.4. The Morgan fingerprint density at radius 2 is 1.47 bits per heavy atom. The number of para-hydroxylation sites is 1. The standard InChI is InChI=1S/C38H53N5O7S/c1-4-51(48,49)42-20-11-30(12-21-42)29-9-16-40(17-10-29)36(45)34(25-28-23-26(2)35(44)27(3)24-28)50-38(47)41-18-14-32(15-19-41)43-22-13-31-7-5-6-8-33(31)39-37(43)46/h5-8,23-24,29-30,32,34,44H,4,9-22,25H2,1-3H3,(H,39,46)/t34-/m1/s1. The second-order valence-electron chi connectivity index (χ2n) is 14.7. The number of amides is 4. The van der Waals surface area contributed by atoms with E-state index in [0.717, 1.165) is 48.9 Å². The molecule has 2 aromatic rings. The molecule has 51 heavy (non-hydrogen) atoms. The van der Waals surface area contributed by atoms with Crippen molar-refractivity contribution in [2.24, 2.45) is 11.8 Å². The molecule has 3 saturated heterocycles. The fourth-order valence-corrected chi connectivity index (χ4v) is 9.59. The Labute approximate surface area is 302 Å². The van der Waals surface area contributed by atoms with E-state index in [1.54, 1.807) is 16.1 Å². The molecule has 0 unspecified atom stereocenters. The topological polar surface area (TPSA) is 140 Å². The number of piperidine rings is 3. The number of aromatic hydroxyl groups is 1. The summed E-state index contributed by atoms with van der Waals surface area (Å²) in [5, 5.41) is 13.4. The molecule has 12 nitrogen and oxygen atoms in total. The lowest BCUT2D eigenvalue weighted by Crippen LogP contribution is -2.52. The number of aryl methyl sites for hydroxylation is 2. The van der Waals surface area contributed by atoms with E-state index >= 15 is 0 Å². The van der Waals surface area contributed by atoms with Gasteiger partial charge in [0.2, 0.25) is 10.0 Å². The van der Waals surface area contributed by atoms with E-state index < -0.39 is 22.2 Å². The number of urea groups is 1. The molecule has 4 heterocycles. The first-order valence-corrected chi connectivity index (χ1v) is 20.2. The minimum atomic E-state index is -3.17. The lowest BCUT2D eigenvalue weighted by molar-refractivity contribution is -0.142. The highest BCUT2D eigenvalue weighted by atomic mass is 32.2. The van der Waals surface area contributed by atoms with Gasteiger partial charge < -0.3 is 29.9 Å². The third-order valence-electron chi connectivity index (χ3n) is 11.6. The SMILES string of the molecule is CCS(=O)(=O)N1CCC(C2CCN(C(=O)[C@@H](Cc3cc(C)c(O)c(C)c3)OC(=O)N3CCC(N4CCc5ccccc5NC4=O)CC3)CC2)CC1. The summed E-state index contributed by atoms with van der Waals surface area (Å²) in [5.74, 6) is 0.971. The van der Waals surface area contributed by atoms with Crippen LogP contribution in [0.2, 0.25) is 0 Å². The number of anilines is 1. The van der Waals surface area contributed by atoms with Crippen molar-refractivity contribution >= 4 is 33.7 Å². The lowest BCUT2D eigenvalue weighted by Gasteiger charge is -2.40. The molecule has 2 N–H and O–H groups in total. The minimum Gasteiger partial charge on any atom is -0.507 e. The first kappa shape index (κ1) is 36.9. The van der Waals surface area contributed by atoms with Gasteiger partial charge in [-0.2, -0.15) is 0 Å². The molecule has 4 amide bonds. The van der Waals surface area contributed by atoms with Crippen LogP contribution in [0.3, 0.4) is 0 Å². The van der Waals surface area contributed by atoms with Crippen LogP contribution in [-0.2, 0) is 32.4 Å². The van der Waals surface area contributed by atoms with Gasteiger partial charge in [0.05, 0.1) is 5.75 Å². The highest BCUT2D eigenvalue weighted by Crippen LogP contribution is 2.34. The summed E-state index contributed by atoms with van der Waals surface area (Å²) < 4.78 is 32.3. The largest absolute Gasteiger partial charge is 0.507 e. The zero-order valence-electron chi connectivity index (χ0n) is 30.2. The van der Waals surface area contributed by atoms with E-state index in [-0.39, 0.29) is 35.9 Å². The Kier molecular flexibility index (Phi) is 11.5. The molecule has 13 heteroatoms. The smallest absolute Gasteiger partial charge is 0.410 e. The number of rotatable bonds is 8. The van der Waals surface area contributed by atoms with Crippen molar-refractivity contribution in [2.75, 3.05) is 56.9 Å². The van der Waals surface area contributed by atoms with Crippen molar-refractivity contribution in [2.45, 2.75) is 84.3 Å². The zero-order valence-corrected chi connectivity index (χ0v) is 31.0. The number of hydrogen-bond acceptors (Lipinski definition) is 7. The molecule has 0 spiro atoms. The molecule has 0 saturated carbocycles. The Bertz CT molecular complexity index is 1670.